The van der Waals surface area contributed by atoms with Crippen molar-refractivity contribution in [3.63, 3.8) is 0 Å². The van der Waals surface area contributed by atoms with Gasteiger partial charge in [-0.05, 0) is 35.4 Å². The van der Waals surface area contributed by atoms with Crippen LogP contribution in [-0.2, 0) is 6.61 Å². The molecule has 0 fully saturated rings. The van der Waals surface area contributed by atoms with E-state index >= 15 is 0 Å². The molecule has 0 spiro atoms. The Kier molecular flexibility index (Phi) is 2.68. The molecule has 0 aliphatic heterocycles. The lowest BCUT2D eigenvalue weighted by Crippen LogP contribution is -2.12. The Hall–Kier alpha value is -2.36. The molecule has 0 amide bonds. The van der Waals surface area contributed by atoms with E-state index in [1.165, 1.54) is 4.85 Å². The van der Waals surface area contributed by atoms with Crippen LogP contribution >= 0.6 is 0 Å². The highest BCUT2D eigenvalue weighted by molar-refractivity contribution is 5.74. The van der Waals surface area contributed by atoms with Gasteiger partial charge in [-0.1, -0.05) is 41.2 Å². The first kappa shape index (κ1) is 10.8. The highest BCUT2D eigenvalue weighted by atomic mass is 16.7. The Bertz CT molecular complexity index is 661. The molecule has 0 aliphatic carbocycles. The molecule has 0 bridgehead atoms. The smallest absolute Gasteiger partial charge is 0.142 e. The van der Waals surface area contributed by atoms with E-state index < -0.39 is 0 Å². The van der Waals surface area contributed by atoms with Crippen molar-refractivity contribution in [2.24, 2.45) is 0 Å². The van der Waals surface area contributed by atoms with E-state index in [0.29, 0.717) is 6.61 Å². The molecule has 0 aliphatic rings. The highest BCUT2D eigenvalue weighted by Gasteiger charge is 2.05. The largest absolute Gasteiger partial charge is 0.390 e. The Balaban J connectivity index is 1.83. The molecule has 0 atom stereocenters. The van der Waals surface area contributed by atoms with Crippen LogP contribution in [0.1, 0.15) is 11.1 Å². The maximum absolute atomic E-state index is 5.63. The lowest BCUT2D eigenvalue weighted by Gasteiger charge is -2.05. The number of aryl methyl sites for hydroxylation is 1. The summed E-state index contributed by atoms with van der Waals surface area (Å²) in [5, 5.41) is 8.08. The fourth-order valence-corrected chi connectivity index (χ4v) is 1.82. The maximum atomic E-state index is 5.63. The van der Waals surface area contributed by atoms with Crippen LogP contribution in [-0.4, -0.2) is 15.2 Å². The summed E-state index contributed by atoms with van der Waals surface area (Å²) in [6, 6.07) is 16.0. The third-order valence-corrected chi connectivity index (χ3v) is 2.77. The van der Waals surface area contributed by atoms with Crippen LogP contribution in [0.15, 0.2) is 48.5 Å². The molecule has 90 valence electrons. The van der Waals surface area contributed by atoms with E-state index in [2.05, 4.69) is 10.3 Å². The molecule has 4 heteroatoms. The molecule has 18 heavy (non-hydrogen) atoms. The Morgan fingerprint density at radius 3 is 2.78 bits per heavy atom. The number of hydrogen-bond donors (Lipinski definition) is 0. The van der Waals surface area contributed by atoms with E-state index in [-0.39, 0.29) is 0 Å². The maximum Gasteiger partial charge on any atom is 0.142 e. The molecule has 0 unspecified atom stereocenters. The molecule has 1 aromatic heterocycles. The zero-order valence-electron chi connectivity index (χ0n) is 10.1. The summed E-state index contributed by atoms with van der Waals surface area (Å²) in [7, 11) is 0. The van der Waals surface area contributed by atoms with Gasteiger partial charge in [0.25, 0.3) is 0 Å². The molecule has 0 saturated carbocycles. The first-order valence-corrected chi connectivity index (χ1v) is 5.82. The van der Waals surface area contributed by atoms with Crippen molar-refractivity contribution in [3.05, 3.63) is 59.7 Å². The van der Waals surface area contributed by atoms with Crippen LogP contribution in [0.4, 0.5) is 0 Å². The molecule has 1 heterocycles. The quantitative estimate of drug-likeness (QED) is 0.704. The van der Waals surface area contributed by atoms with E-state index in [1.807, 2.05) is 55.5 Å². The molecule has 3 aromatic rings. The van der Waals surface area contributed by atoms with Gasteiger partial charge in [-0.25, -0.2) is 0 Å². The zero-order chi connectivity index (χ0) is 12.4. The van der Waals surface area contributed by atoms with Gasteiger partial charge in [0.2, 0.25) is 0 Å². The second-order valence-corrected chi connectivity index (χ2v) is 4.21. The fourth-order valence-electron chi connectivity index (χ4n) is 1.82. The van der Waals surface area contributed by atoms with Crippen molar-refractivity contribution in [1.29, 1.82) is 0 Å². The lowest BCUT2D eigenvalue weighted by atomic mass is 10.2. The minimum Gasteiger partial charge on any atom is -0.390 e. The monoisotopic (exact) mass is 239 g/mol. The number of nitrogens with zero attached hydrogens (tertiary/aromatic N) is 3. The molecule has 0 N–H and O–H groups in total. The van der Waals surface area contributed by atoms with E-state index in [1.54, 1.807) is 0 Å². The molecule has 0 radical (unpaired) electrons. The van der Waals surface area contributed by atoms with Crippen LogP contribution in [0.25, 0.3) is 11.0 Å². The van der Waals surface area contributed by atoms with Crippen molar-refractivity contribution in [2.45, 2.75) is 13.5 Å². The van der Waals surface area contributed by atoms with E-state index in [4.69, 9.17) is 4.84 Å². The average molecular weight is 239 g/mol. The first-order chi connectivity index (χ1) is 8.83. The summed E-state index contributed by atoms with van der Waals surface area (Å²) in [6.45, 7) is 2.51. The van der Waals surface area contributed by atoms with Crippen LogP contribution in [0.5, 0.6) is 0 Å². The Morgan fingerprint density at radius 1 is 1.11 bits per heavy atom. The molecule has 0 saturated heterocycles. The van der Waals surface area contributed by atoms with Gasteiger partial charge in [0, 0.05) is 0 Å². The van der Waals surface area contributed by atoms with Crippen molar-refractivity contribution < 1.29 is 4.84 Å². The van der Waals surface area contributed by atoms with Gasteiger partial charge in [-0.3, -0.25) is 0 Å². The number of rotatable bonds is 3. The Labute approximate surface area is 105 Å². The first-order valence-electron chi connectivity index (χ1n) is 5.82. The third-order valence-electron chi connectivity index (χ3n) is 2.77. The van der Waals surface area contributed by atoms with Crippen LogP contribution in [0.2, 0.25) is 0 Å². The zero-order valence-corrected chi connectivity index (χ0v) is 10.1. The summed E-state index contributed by atoms with van der Waals surface area (Å²) in [4.78, 5) is 7.10. The number of benzene rings is 2. The molecular formula is C14H13N3O. The number of aromatic nitrogens is 3. The molecule has 3 rings (SSSR count). The second kappa shape index (κ2) is 4.49. The van der Waals surface area contributed by atoms with Gasteiger partial charge in [-0.15, -0.1) is 5.10 Å². The van der Waals surface area contributed by atoms with Crippen LogP contribution in [0, 0.1) is 6.92 Å². The fraction of sp³-hybridized carbons (Fsp3) is 0.143. The summed E-state index contributed by atoms with van der Waals surface area (Å²) in [6.07, 6.45) is 0. The van der Waals surface area contributed by atoms with Crippen LogP contribution in [0.3, 0.4) is 0 Å². The standard InChI is InChI=1S/C14H13N3O/c1-11-7-8-14-13(9-11)15-16-17(14)18-10-12-5-3-2-4-6-12/h2-9H,10H2,1H3. The van der Waals surface area contributed by atoms with Gasteiger partial charge in [-0.2, -0.15) is 0 Å². The van der Waals surface area contributed by atoms with Crippen LogP contribution < -0.4 is 4.84 Å². The van der Waals surface area contributed by atoms with Gasteiger partial charge in [0.05, 0.1) is 0 Å². The van der Waals surface area contributed by atoms with Gasteiger partial charge >= 0.3 is 0 Å². The number of fused-ring (bicyclic) bond motifs is 1. The summed E-state index contributed by atoms with van der Waals surface area (Å²) >= 11 is 0. The van der Waals surface area contributed by atoms with Crippen molar-refractivity contribution in [1.82, 2.24) is 15.2 Å². The second-order valence-electron chi connectivity index (χ2n) is 4.21. The summed E-state index contributed by atoms with van der Waals surface area (Å²) in [5.41, 5.74) is 4.01. The molecule has 2 aromatic carbocycles. The minimum atomic E-state index is 0.479. The van der Waals surface area contributed by atoms with E-state index in [0.717, 1.165) is 22.2 Å². The minimum absolute atomic E-state index is 0.479. The topological polar surface area (TPSA) is 39.9 Å². The van der Waals surface area contributed by atoms with Gasteiger partial charge < -0.3 is 4.84 Å². The summed E-state index contributed by atoms with van der Waals surface area (Å²) < 4.78 is 0. The Morgan fingerprint density at radius 2 is 1.94 bits per heavy atom. The van der Waals surface area contributed by atoms with Crippen molar-refractivity contribution in [2.75, 3.05) is 0 Å². The van der Waals surface area contributed by atoms with Gasteiger partial charge in [0.15, 0.2) is 0 Å². The molecule has 4 nitrogen and oxygen atoms in total. The number of hydrogen-bond acceptors (Lipinski definition) is 3. The normalized spacial score (nSPS) is 10.7. The SMILES string of the molecule is Cc1ccc2c(c1)nnn2OCc1ccccc1. The van der Waals surface area contributed by atoms with Gasteiger partial charge in [0.1, 0.15) is 17.6 Å². The predicted molar refractivity (Wildman–Crippen MR) is 69.0 cm³/mol. The summed E-state index contributed by atoms with van der Waals surface area (Å²) in [5.74, 6) is 0. The van der Waals surface area contributed by atoms with Crippen molar-refractivity contribution >= 4 is 11.0 Å². The lowest BCUT2D eigenvalue weighted by molar-refractivity contribution is 0.0752. The highest BCUT2D eigenvalue weighted by Crippen LogP contribution is 2.12. The van der Waals surface area contributed by atoms with E-state index in [9.17, 15) is 0 Å². The third kappa shape index (κ3) is 2.05. The predicted octanol–water partition coefficient (Wildman–Crippen LogP) is 2.37. The van der Waals surface area contributed by atoms with Crippen molar-refractivity contribution in [3.8, 4) is 0 Å². The molecular weight excluding hydrogens is 226 g/mol. The average Bonchev–Trinajstić information content (AvgIpc) is 2.80.